The van der Waals surface area contributed by atoms with Crippen molar-refractivity contribution in [2.75, 3.05) is 26.9 Å². The van der Waals surface area contributed by atoms with Gasteiger partial charge in [0.05, 0.1) is 18.8 Å². The first-order chi connectivity index (χ1) is 7.64. The molecule has 1 atom stereocenters. The van der Waals surface area contributed by atoms with Crippen molar-refractivity contribution < 1.29 is 14.2 Å². The number of ether oxygens (including phenoxy) is 1. The maximum absolute atomic E-state index is 13.6. The van der Waals surface area contributed by atoms with Crippen LogP contribution in [0.2, 0.25) is 0 Å². The standard InChI is InChI=1S/C12H18FNO2/c1-12(9-15,14-7-8-16-2)10-5-3-4-6-11(10)13/h3-6,14-15H,7-9H2,1-2H3. The minimum absolute atomic E-state index is 0.169. The maximum Gasteiger partial charge on any atom is 0.128 e. The van der Waals surface area contributed by atoms with Gasteiger partial charge >= 0.3 is 0 Å². The molecular weight excluding hydrogens is 209 g/mol. The van der Waals surface area contributed by atoms with Crippen molar-refractivity contribution in [2.24, 2.45) is 0 Å². The average molecular weight is 227 g/mol. The Kier molecular flexibility index (Phi) is 4.86. The molecule has 0 bridgehead atoms. The van der Waals surface area contributed by atoms with E-state index in [-0.39, 0.29) is 12.4 Å². The molecular formula is C12H18FNO2. The Labute approximate surface area is 95.2 Å². The van der Waals surface area contributed by atoms with Crippen LogP contribution in [0.1, 0.15) is 12.5 Å². The highest BCUT2D eigenvalue weighted by Gasteiger charge is 2.27. The molecule has 2 N–H and O–H groups in total. The first-order valence-corrected chi connectivity index (χ1v) is 5.24. The zero-order valence-electron chi connectivity index (χ0n) is 9.66. The van der Waals surface area contributed by atoms with Crippen LogP contribution in [-0.4, -0.2) is 32.0 Å². The summed E-state index contributed by atoms with van der Waals surface area (Å²) in [5, 5.41) is 12.5. The molecule has 1 unspecified atom stereocenters. The highest BCUT2D eigenvalue weighted by molar-refractivity contribution is 5.25. The van der Waals surface area contributed by atoms with Gasteiger partial charge in [-0.25, -0.2) is 4.39 Å². The van der Waals surface area contributed by atoms with Crippen molar-refractivity contribution in [1.29, 1.82) is 0 Å². The molecule has 0 saturated carbocycles. The van der Waals surface area contributed by atoms with Crippen molar-refractivity contribution in [3.05, 3.63) is 35.6 Å². The fourth-order valence-electron chi connectivity index (χ4n) is 1.57. The van der Waals surface area contributed by atoms with E-state index in [0.29, 0.717) is 18.7 Å². The van der Waals surface area contributed by atoms with Crippen LogP contribution in [0.15, 0.2) is 24.3 Å². The molecule has 1 aromatic rings. The Hall–Kier alpha value is -0.970. The van der Waals surface area contributed by atoms with Crippen LogP contribution in [-0.2, 0) is 10.3 Å². The van der Waals surface area contributed by atoms with Gasteiger partial charge in [-0.3, -0.25) is 0 Å². The van der Waals surface area contributed by atoms with Gasteiger partial charge in [-0.1, -0.05) is 18.2 Å². The number of rotatable bonds is 6. The molecule has 0 aliphatic carbocycles. The summed E-state index contributed by atoms with van der Waals surface area (Å²) in [5.41, 5.74) is -0.308. The molecule has 0 saturated heterocycles. The third-order valence-corrected chi connectivity index (χ3v) is 2.61. The highest BCUT2D eigenvalue weighted by atomic mass is 19.1. The lowest BCUT2D eigenvalue weighted by Gasteiger charge is -2.29. The molecule has 16 heavy (non-hydrogen) atoms. The minimum Gasteiger partial charge on any atom is -0.394 e. The minimum atomic E-state index is -0.774. The molecule has 1 rings (SSSR count). The van der Waals surface area contributed by atoms with E-state index in [1.165, 1.54) is 6.07 Å². The van der Waals surface area contributed by atoms with Crippen LogP contribution in [0.25, 0.3) is 0 Å². The molecule has 4 heteroatoms. The Morgan fingerprint density at radius 2 is 2.12 bits per heavy atom. The quantitative estimate of drug-likeness (QED) is 0.719. The van der Waals surface area contributed by atoms with Crippen molar-refractivity contribution >= 4 is 0 Å². The number of halogens is 1. The van der Waals surface area contributed by atoms with Crippen LogP contribution in [0, 0.1) is 5.82 Å². The number of methoxy groups -OCH3 is 1. The molecule has 0 fully saturated rings. The van der Waals surface area contributed by atoms with Gasteiger partial charge in [-0.15, -0.1) is 0 Å². The van der Waals surface area contributed by atoms with E-state index in [9.17, 15) is 9.50 Å². The normalized spacial score (nSPS) is 14.8. The molecule has 0 aliphatic rings. The molecule has 0 aromatic heterocycles. The van der Waals surface area contributed by atoms with Crippen LogP contribution in [0.3, 0.4) is 0 Å². The number of aliphatic hydroxyl groups is 1. The van der Waals surface area contributed by atoms with Crippen LogP contribution in [0.4, 0.5) is 4.39 Å². The summed E-state index contributed by atoms with van der Waals surface area (Å²) >= 11 is 0. The fraction of sp³-hybridized carbons (Fsp3) is 0.500. The Balaban J connectivity index is 2.83. The highest BCUT2D eigenvalue weighted by Crippen LogP contribution is 2.22. The first-order valence-electron chi connectivity index (χ1n) is 5.24. The third-order valence-electron chi connectivity index (χ3n) is 2.61. The summed E-state index contributed by atoms with van der Waals surface area (Å²) in [5.74, 6) is -0.316. The molecule has 3 nitrogen and oxygen atoms in total. The van der Waals surface area contributed by atoms with E-state index in [4.69, 9.17) is 4.74 Å². The number of hydrogen-bond donors (Lipinski definition) is 2. The van der Waals surface area contributed by atoms with Gasteiger partial charge in [0.2, 0.25) is 0 Å². The molecule has 0 amide bonds. The van der Waals surface area contributed by atoms with Crippen molar-refractivity contribution in [2.45, 2.75) is 12.5 Å². The van der Waals surface area contributed by atoms with Gasteiger partial charge < -0.3 is 15.2 Å². The van der Waals surface area contributed by atoms with Crippen molar-refractivity contribution in [3.63, 3.8) is 0 Å². The molecule has 0 heterocycles. The molecule has 1 aromatic carbocycles. The summed E-state index contributed by atoms with van der Waals surface area (Å²) in [6.45, 7) is 2.67. The van der Waals surface area contributed by atoms with E-state index in [2.05, 4.69) is 5.32 Å². The summed E-state index contributed by atoms with van der Waals surface area (Å²) in [6, 6.07) is 6.45. The first kappa shape index (κ1) is 13.1. The predicted octanol–water partition coefficient (Wildman–Crippen LogP) is 1.27. The lowest BCUT2D eigenvalue weighted by Crippen LogP contribution is -2.45. The number of hydrogen-bond acceptors (Lipinski definition) is 3. The zero-order valence-corrected chi connectivity index (χ0v) is 9.66. The molecule has 0 radical (unpaired) electrons. The average Bonchev–Trinajstić information content (AvgIpc) is 2.30. The SMILES string of the molecule is COCCNC(C)(CO)c1ccccc1F. The second-order valence-corrected chi connectivity index (χ2v) is 3.89. The lowest BCUT2D eigenvalue weighted by molar-refractivity contribution is 0.145. The van der Waals surface area contributed by atoms with Crippen LogP contribution >= 0.6 is 0 Å². The van der Waals surface area contributed by atoms with E-state index >= 15 is 0 Å². The van der Waals surface area contributed by atoms with Crippen LogP contribution < -0.4 is 5.32 Å². The number of nitrogens with one attached hydrogen (secondary N) is 1. The fourth-order valence-corrected chi connectivity index (χ4v) is 1.57. The van der Waals surface area contributed by atoms with Gasteiger partial charge in [0.25, 0.3) is 0 Å². The topological polar surface area (TPSA) is 41.5 Å². The summed E-state index contributed by atoms with van der Waals surface area (Å²) < 4.78 is 18.5. The third kappa shape index (κ3) is 3.01. The molecule has 90 valence electrons. The molecule has 0 spiro atoms. The second kappa shape index (κ2) is 5.94. The van der Waals surface area contributed by atoms with Gasteiger partial charge in [0.15, 0.2) is 0 Å². The summed E-state index contributed by atoms with van der Waals surface area (Å²) in [6.07, 6.45) is 0. The Morgan fingerprint density at radius 3 is 2.69 bits per heavy atom. The number of aliphatic hydroxyl groups excluding tert-OH is 1. The van der Waals surface area contributed by atoms with E-state index in [1.54, 1.807) is 32.2 Å². The van der Waals surface area contributed by atoms with Crippen molar-refractivity contribution in [3.8, 4) is 0 Å². The second-order valence-electron chi connectivity index (χ2n) is 3.89. The number of benzene rings is 1. The van der Waals surface area contributed by atoms with Crippen LogP contribution in [0.5, 0.6) is 0 Å². The van der Waals surface area contributed by atoms with Gasteiger partial charge in [-0.05, 0) is 13.0 Å². The Bertz CT molecular complexity index is 333. The zero-order chi connectivity index (χ0) is 12.0. The van der Waals surface area contributed by atoms with E-state index in [1.807, 2.05) is 0 Å². The summed E-state index contributed by atoms with van der Waals surface area (Å²) in [7, 11) is 1.60. The van der Waals surface area contributed by atoms with E-state index in [0.717, 1.165) is 0 Å². The van der Waals surface area contributed by atoms with Crippen molar-refractivity contribution in [1.82, 2.24) is 5.32 Å². The maximum atomic E-state index is 13.6. The summed E-state index contributed by atoms with van der Waals surface area (Å²) in [4.78, 5) is 0. The van der Waals surface area contributed by atoms with E-state index < -0.39 is 5.54 Å². The van der Waals surface area contributed by atoms with Gasteiger partial charge in [0.1, 0.15) is 5.82 Å². The smallest absolute Gasteiger partial charge is 0.128 e. The Morgan fingerprint density at radius 1 is 1.44 bits per heavy atom. The van der Waals surface area contributed by atoms with Gasteiger partial charge in [0, 0.05) is 19.2 Å². The van der Waals surface area contributed by atoms with Gasteiger partial charge in [-0.2, -0.15) is 0 Å². The monoisotopic (exact) mass is 227 g/mol. The molecule has 0 aliphatic heterocycles. The lowest BCUT2D eigenvalue weighted by atomic mass is 9.92. The predicted molar refractivity (Wildman–Crippen MR) is 60.7 cm³/mol. The largest absolute Gasteiger partial charge is 0.394 e.